The maximum absolute atomic E-state index is 13.8. The van der Waals surface area contributed by atoms with Crippen LogP contribution in [0.15, 0.2) is 54.6 Å². The number of pyridine rings is 1. The largest absolute Gasteiger partial charge is 0.349 e. The van der Waals surface area contributed by atoms with Crippen molar-refractivity contribution >= 4 is 41.6 Å². The number of rotatable bonds is 3. The first kappa shape index (κ1) is 23.1. The zero-order chi connectivity index (χ0) is 18.8. The molecule has 0 radical (unpaired) electrons. The van der Waals surface area contributed by atoms with Gasteiger partial charge in [-0.25, -0.2) is 9.37 Å². The Balaban J connectivity index is 0.00000150. The number of hydrogen-bond donors (Lipinski definition) is 2. The predicted molar refractivity (Wildman–Crippen MR) is 120 cm³/mol. The molecule has 154 valence electrons. The monoisotopic (exact) mass is 435 g/mol. The number of piperidine rings is 1. The van der Waals surface area contributed by atoms with Gasteiger partial charge in [0.05, 0.1) is 16.8 Å². The molecule has 1 fully saturated rings. The van der Waals surface area contributed by atoms with Crippen LogP contribution in [0, 0.1) is 11.7 Å². The molecule has 0 aliphatic carbocycles. The molecule has 0 saturated carbocycles. The molecule has 4 nitrogen and oxygen atoms in total. The Labute approximate surface area is 182 Å². The highest BCUT2D eigenvalue weighted by Gasteiger charge is 2.24. The minimum atomic E-state index is -0.362. The number of aromatic nitrogens is 1. The SMILES string of the molecule is CC1CNCCC1NC(=O)c1cc(-c2ccccc2)nc2cc(F)ccc12.Cl.Cl. The minimum Gasteiger partial charge on any atom is -0.349 e. The van der Waals surface area contributed by atoms with Crippen LogP contribution >= 0.6 is 24.8 Å². The van der Waals surface area contributed by atoms with Crippen LogP contribution in [0.5, 0.6) is 0 Å². The fraction of sp³-hybridized carbons (Fsp3) is 0.273. The Morgan fingerprint density at radius 1 is 1.14 bits per heavy atom. The van der Waals surface area contributed by atoms with Gasteiger partial charge in [-0.2, -0.15) is 0 Å². The number of amides is 1. The van der Waals surface area contributed by atoms with Crippen molar-refractivity contribution in [3.8, 4) is 11.3 Å². The molecule has 1 aromatic heterocycles. The van der Waals surface area contributed by atoms with Crippen LogP contribution in [0.4, 0.5) is 4.39 Å². The van der Waals surface area contributed by atoms with Gasteiger partial charge in [0.25, 0.3) is 5.91 Å². The van der Waals surface area contributed by atoms with Crippen molar-refractivity contribution in [2.24, 2.45) is 5.92 Å². The highest BCUT2D eigenvalue weighted by Crippen LogP contribution is 2.26. The number of hydrogen-bond acceptors (Lipinski definition) is 3. The number of nitrogens with zero attached hydrogens (tertiary/aromatic N) is 1. The van der Waals surface area contributed by atoms with Gasteiger partial charge in [-0.05, 0) is 43.6 Å². The van der Waals surface area contributed by atoms with E-state index in [4.69, 9.17) is 0 Å². The van der Waals surface area contributed by atoms with Gasteiger partial charge in [0.1, 0.15) is 5.82 Å². The van der Waals surface area contributed by atoms with Crippen LogP contribution in [0.3, 0.4) is 0 Å². The summed E-state index contributed by atoms with van der Waals surface area (Å²) >= 11 is 0. The van der Waals surface area contributed by atoms with Gasteiger partial charge in [-0.15, -0.1) is 24.8 Å². The lowest BCUT2D eigenvalue weighted by molar-refractivity contribution is 0.0916. The zero-order valence-corrected chi connectivity index (χ0v) is 17.7. The summed E-state index contributed by atoms with van der Waals surface area (Å²) in [6.45, 7) is 3.92. The number of fused-ring (bicyclic) bond motifs is 1. The van der Waals surface area contributed by atoms with Crippen LogP contribution in [0.1, 0.15) is 23.7 Å². The summed E-state index contributed by atoms with van der Waals surface area (Å²) in [4.78, 5) is 17.7. The molecule has 2 N–H and O–H groups in total. The molecule has 3 aromatic rings. The topological polar surface area (TPSA) is 54.0 Å². The third-order valence-corrected chi connectivity index (χ3v) is 5.19. The fourth-order valence-corrected chi connectivity index (χ4v) is 3.62. The van der Waals surface area contributed by atoms with Crippen LogP contribution < -0.4 is 10.6 Å². The number of benzene rings is 2. The lowest BCUT2D eigenvalue weighted by Crippen LogP contribution is -2.48. The minimum absolute atomic E-state index is 0. The first-order valence-electron chi connectivity index (χ1n) is 9.29. The molecular formula is C22H24Cl2FN3O. The van der Waals surface area contributed by atoms with Crippen molar-refractivity contribution in [3.05, 3.63) is 66.0 Å². The molecule has 2 aromatic carbocycles. The third-order valence-electron chi connectivity index (χ3n) is 5.19. The van der Waals surface area contributed by atoms with Crippen LogP contribution in [0.2, 0.25) is 0 Å². The van der Waals surface area contributed by atoms with Crippen molar-refractivity contribution < 1.29 is 9.18 Å². The van der Waals surface area contributed by atoms with Crippen molar-refractivity contribution in [2.75, 3.05) is 13.1 Å². The van der Waals surface area contributed by atoms with Gasteiger partial charge in [-0.1, -0.05) is 37.3 Å². The van der Waals surface area contributed by atoms with E-state index in [1.165, 1.54) is 12.1 Å². The summed E-state index contributed by atoms with van der Waals surface area (Å²) in [6, 6.07) is 15.9. The molecule has 0 bridgehead atoms. The summed E-state index contributed by atoms with van der Waals surface area (Å²) in [6.07, 6.45) is 0.899. The summed E-state index contributed by atoms with van der Waals surface area (Å²) in [5, 5.41) is 7.17. The van der Waals surface area contributed by atoms with Gasteiger partial charge < -0.3 is 10.6 Å². The van der Waals surface area contributed by atoms with Crippen molar-refractivity contribution in [1.82, 2.24) is 15.6 Å². The van der Waals surface area contributed by atoms with Gasteiger partial charge in [0, 0.05) is 23.1 Å². The van der Waals surface area contributed by atoms with E-state index < -0.39 is 0 Å². The van der Waals surface area contributed by atoms with E-state index >= 15 is 0 Å². The van der Waals surface area contributed by atoms with Gasteiger partial charge in [-0.3, -0.25) is 4.79 Å². The molecule has 2 heterocycles. The van der Waals surface area contributed by atoms with E-state index in [9.17, 15) is 9.18 Å². The number of carbonyl (C=O) groups excluding carboxylic acids is 1. The molecule has 1 saturated heterocycles. The maximum atomic E-state index is 13.8. The second-order valence-electron chi connectivity index (χ2n) is 7.13. The molecule has 0 spiro atoms. The van der Waals surface area contributed by atoms with Crippen LogP contribution in [-0.4, -0.2) is 30.0 Å². The molecule has 7 heteroatoms. The second kappa shape index (κ2) is 10.0. The molecule has 2 atom stereocenters. The number of halogens is 3. The Morgan fingerprint density at radius 3 is 2.62 bits per heavy atom. The predicted octanol–water partition coefficient (Wildman–Crippen LogP) is 4.61. The first-order chi connectivity index (χ1) is 13.1. The average molecular weight is 436 g/mol. The normalized spacial score (nSPS) is 18.4. The Bertz CT molecular complexity index is 984. The fourth-order valence-electron chi connectivity index (χ4n) is 3.62. The smallest absolute Gasteiger partial charge is 0.252 e. The quantitative estimate of drug-likeness (QED) is 0.631. The summed E-state index contributed by atoms with van der Waals surface area (Å²) in [5.41, 5.74) is 2.58. The lowest BCUT2D eigenvalue weighted by Gasteiger charge is -2.30. The molecular weight excluding hydrogens is 412 g/mol. The highest BCUT2D eigenvalue weighted by molar-refractivity contribution is 6.07. The Kier molecular flexibility index (Phi) is 7.96. The van der Waals surface area contributed by atoms with E-state index in [1.807, 2.05) is 30.3 Å². The molecule has 1 aliphatic rings. The van der Waals surface area contributed by atoms with Gasteiger partial charge >= 0.3 is 0 Å². The number of carbonyl (C=O) groups is 1. The lowest BCUT2D eigenvalue weighted by atomic mass is 9.94. The standard InChI is InChI=1S/C22H22FN3O.2ClH/c1-14-13-24-10-9-19(14)26-22(27)18-12-20(15-5-3-2-4-6-15)25-21-11-16(23)7-8-17(18)21;;/h2-8,11-12,14,19,24H,9-10,13H2,1H3,(H,26,27);2*1H. The van der Waals surface area contributed by atoms with E-state index in [0.717, 1.165) is 25.1 Å². The van der Waals surface area contributed by atoms with Crippen LogP contribution in [-0.2, 0) is 0 Å². The van der Waals surface area contributed by atoms with Gasteiger partial charge in [0.15, 0.2) is 0 Å². The molecule has 2 unspecified atom stereocenters. The van der Waals surface area contributed by atoms with Crippen molar-refractivity contribution in [3.63, 3.8) is 0 Å². The summed E-state index contributed by atoms with van der Waals surface area (Å²) < 4.78 is 13.8. The molecule has 29 heavy (non-hydrogen) atoms. The molecule has 4 rings (SSSR count). The van der Waals surface area contributed by atoms with Crippen molar-refractivity contribution in [2.45, 2.75) is 19.4 Å². The summed E-state index contributed by atoms with van der Waals surface area (Å²) in [7, 11) is 0. The molecule has 1 aliphatic heterocycles. The first-order valence-corrected chi connectivity index (χ1v) is 9.29. The summed E-state index contributed by atoms with van der Waals surface area (Å²) in [5.74, 6) is -0.134. The van der Waals surface area contributed by atoms with E-state index in [0.29, 0.717) is 28.1 Å². The van der Waals surface area contributed by atoms with Crippen molar-refractivity contribution in [1.29, 1.82) is 0 Å². The van der Waals surface area contributed by atoms with E-state index in [1.54, 1.807) is 12.1 Å². The Morgan fingerprint density at radius 2 is 1.90 bits per heavy atom. The molecule has 1 amide bonds. The maximum Gasteiger partial charge on any atom is 0.252 e. The van der Waals surface area contributed by atoms with E-state index in [2.05, 4.69) is 22.5 Å². The van der Waals surface area contributed by atoms with E-state index in [-0.39, 0.29) is 42.6 Å². The zero-order valence-electron chi connectivity index (χ0n) is 16.0. The highest BCUT2D eigenvalue weighted by atomic mass is 35.5. The van der Waals surface area contributed by atoms with Gasteiger partial charge in [0.2, 0.25) is 0 Å². The average Bonchev–Trinajstić information content (AvgIpc) is 2.69. The Hall–Kier alpha value is -2.21. The third kappa shape index (κ3) is 5.04. The second-order valence-corrected chi connectivity index (χ2v) is 7.13. The number of nitrogens with one attached hydrogen (secondary N) is 2. The van der Waals surface area contributed by atoms with Crippen LogP contribution in [0.25, 0.3) is 22.2 Å².